The van der Waals surface area contributed by atoms with Crippen LogP contribution in [0.5, 0.6) is 0 Å². The first-order valence-electron chi connectivity index (χ1n) is 6.71. The molecule has 0 aromatic carbocycles. The predicted molar refractivity (Wildman–Crippen MR) is 77.9 cm³/mol. The highest BCUT2D eigenvalue weighted by molar-refractivity contribution is 5.69. The number of hydrogen-bond acceptors (Lipinski definition) is 6. The summed E-state index contributed by atoms with van der Waals surface area (Å²) in [6.07, 6.45) is 2.57. The van der Waals surface area contributed by atoms with Crippen molar-refractivity contribution in [3.8, 4) is 0 Å². The van der Waals surface area contributed by atoms with Crippen molar-refractivity contribution in [3.05, 3.63) is 33.1 Å². The number of esters is 1. The Morgan fingerprint density at radius 2 is 2.14 bits per heavy atom. The fourth-order valence-corrected chi connectivity index (χ4v) is 2.14. The number of aryl methyl sites for hydroxylation is 1. The normalized spacial score (nSPS) is 10.7. The molecule has 0 atom stereocenters. The number of rotatable bonds is 7. The van der Waals surface area contributed by atoms with E-state index in [4.69, 9.17) is 0 Å². The molecule has 1 rings (SSSR count). The van der Waals surface area contributed by atoms with Gasteiger partial charge in [-0.3, -0.25) is 19.9 Å². The van der Waals surface area contributed by atoms with Gasteiger partial charge in [-0.2, -0.15) is 0 Å². The summed E-state index contributed by atoms with van der Waals surface area (Å²) < 4.78 is 4.58. The SMILES string of the molecule is COC(=O)CCCN(C)Cc1ncc(C)c([N+](=O)[O-])c1C. The van der Waals surface area contributed by atoms with Gasteiger partial charge in [0.2, 0.25) is 0 Å². The third-order valence-electron chi connectivity index (χ3n) is 3.33. The van der Waals surface area contributed by atoms with Crippen LogP contribution in [0.3, 0.4) is 0 Å². The van der Waals surface area contributed by atoms with Gasteiger partial charge in [0.25, 0.3) is 5.69 Å². The van der Waals surface area contributed by atoms with Crippen molar-refractivity contribution in [1.82, 2.24) is 9.88 Å². The van der Waals surface area contributed by atoms with Gasteiger partial charge in [0.05, 0.1) is 17.7 Å². The highest BCUT2D eigenvalue weighted by Crippen LogP contribution is 2.24. The van der Waals surface area contributed by atoms with Gasteiger partial charge in [-0.25, -0.2) is 0 Å². The van der Waals surface area contributed by atoms with Crippen LogP contribution >= 0.6 is 0 Å². The second-order valence-electron chi connectivity index (χ2n) is 5.04. The average molecular weight is 295 g/mol. The first-order chi connectivity index (χ1) is 9.86. The van der Waals surface area contributed by atoms with Gasteiger partial charge in [0, 0.05) is 30.3 Å². The smallest absolute Gasteiger partial charge is 0.305 e. The molecule has 0 aliphatic heterocycles. The van der Waals surface area contributed by atoms with Crippen molar-refractivity contribution in [3.63, 3.8) is 0 Å². The second kappa shape index (κ2) is 7.68. The summed E-state index contributed by atoms with van der Waals surface area (Å²) in [5, 5.41) is 11.1. The minimum Gasteiger partial charge on any atom is -0.469 e. The summed E-state index contributed by atoms with van der Waals surface area (Å²) in [4.78, 5) is 28.0. The van der Waals surface area contributed by atoms with E-state index in [1.54, 1.807) is 13.8 Å². The Labute approximate surface area is 124 Å². The first kappa shape index (κ1) is 17.0. The molecule has 0 unspecified atom stereocenters. The summed E-state index contributed by atoms with van der Waals surface area (Å²) in [5.74, 6) is -0.233. The van der Waals surface area contributed by atoms with Crippen LogP contribution in [0.1, 0.15) is 29.7 Å². The Balaban J connectivity index is 2.68. The van der Waals surface area contributed by atoms with Gasteiger partial charge >= 0.3 is 5.97 Å². The van der Waals surface area contributed by atoms with E-state index < -0.39 is 0 Å². The number of carbonyl (C=O) groups excluding carboxylic acids is 1. The van der Waals surface area contributed by atoms with Crippen LogP contribution in [0.15, 0.2) is 6.20 Å². The molecule has 7 heteroatoms. The molecular formula is C14H21N3O4. The summed E-state index contributed by atoms with van der Waals surface area (Å²) in [6.45, 7) is 4.60. The Bertz CT molecular complexity index is 531. The lowest BCUT2D eigenvalue weighted by atomic mass is 10.1. The van der Waals surface area contributed by atoms with Crippen LogP contribution < -0.4 is 0 Å². The molecule has 0 N–H and O–H groups in total. The molecule has 116 valence electrons. The van der Waals surface area contributed by atoms with Crippen LogP contribution in [-0.2, 0) is 16.1 Å². The van der Waals surface area contributed by atoms with E-state index in [2.05, 4.69) is 9.72 Å². The van der Waals surface area contributed by atoms with E-state index in [0.29, 0.717) is 42.8 Å². The van der Waals surface area contributed by atoms with E-state index in [9.17, 15) is 14.9 Å². The van der Waals surface area contributed by atoms with E-state index in [0.717, 1.165) is 0 Å². The average Bonchev–Trinajstić information content (AvgIpc) is 2.41. The fraction of sp³-hybridized carbons (Fsp3) is 0.571. The third-order valence-corrected chi connectivity index (χ3v) is 3.33. The van der Waals surface area contributed by atoms with Gasteiger partial charge in [0.15, 0.2) is 0 Å². The monoisotopic (exact) mass is 295 g/mol. The maximum atomic E-state index is 11.1. The summed E-state index contributed by atoms with van der Waals surface area (Å²) >= 11 is 0. The van der Waals surface area contributed by atoms with Crippen molar-refractivity contribution in [2.75, 3.05) is 20.7 Å². The quantitative estimate of drug-likeness (QED) is 0.434. The van der Waals surface area contributed by atoms with E-state index >= 15 is 0 Å². The highest BCUT2D eigenvalue weighted by Gasteiger charge is 2.19. The first-order valence-corrected chi connectivity index (χ1v) is 6.71. The maximum absolute atomic E-state index is 11.1. The number of nitro groups is 1. The van der Waals surface area contributed by atoms with E-state index in [1.165, 1.54) is 13.3 Å². The number of methoxy groups -OCH3 is 1. The molecule has 0 saturated carbocycles. The number of nitrogens with zero attached hydrogens (tertiary/aromatic N) is 3. The summed E-state index contributed by atoms with van der Waals surface area (Å²) in [5.41, 5.74) is 1.98. The van der Waals surface area contributed by atoms with Gasteiger partial charge < -0.3 is 9.64 Å². The van der Waals surface area contributed by atoms with Gasteiger partial charge in [-0.15, -0.1) is 0 Å². The molecule has 7 nitrogen and oxygen atoms in total. The Morgan fingerprint density at radius 1 is 1.48 bits per heavy atom. The van der Waals surface area contributed by atoms with Gasteiger partial charge in [-0.1, -0.05) is 0 Å². The van der Waals surface area contributed by atoms with Crippen LogP contribution in [0.4, 0.5) is 5.69 Å². The molecule has 0 spiro atoms. The molecule has 1 aromatic heterocycles. The van der Waals surface area contributed by atoms with Crippen molar-refractivity contribution in [2.45, 2.75) is 33.2 Å². The number of carbonyl (C=O) groups is 1. The number of aromatic nitrogens is 1. The van der Waals surface area contributed by atoms with Crippen molar-refractivity contribution in [1.29, 1.82) is 0 Å². The fourth-order valence-electron chi connectivity index (χ4n) is 2.14. The molecular weight excluding hydrogens is 274 g/mol. The Morgan fingerprint density at radius 3 is 2.71 bits per heavy atom. The molecule has 0 fully saturated rings. The van der Waals surface area contributed by atoms with Crippen LogP contribution in [0.2, 0.25) is 0 Å². The van der Waals surface area contributed by atoms with E-state index in [-0.39, 0.29) is 16.6 Å². The van der Waals surface area contributed by atoms with E-state index in [1.807, 2.05) is 11.9 Å². The summed E-state index contributed by atoms with van der Waals surface area (Å²) in [7, 11) is 3.26. The molecule has 1 heterocycles. The lowest BCUT2D eigenvalue weighted by Gasteiger charge is -2.17. The largest absolute Gasteiger partial charge is 0.469 e. The molecule has 21 heavy (non-hydrogen) atoms. The minimum atomic E-state index is -0.368. The molecule has 0 bridgehead atoms. The predicted octanol–water partition coefficient (Wildman–Crippen LogP) is 1.99. The summed E-state index contributed by atoms with van der Waals surface area (Å²) in [6, 6.07) is 0. The van der Waals surface area contributed by atoms with Crippen molar-refractivity contribution in [2.24, 2.45) is 0 Å². The zero-order valence-electron chi connectivity index (χ0n) is 12.9. The van der Waals surface area contributed by atoms with Gasteiger partial charge in [0.1, 0.15) is 0 Å². The zero-order chi connectivity index (χ0) is 16.0. The van der Waals surface area contributed by atoms with Crippen LogP contribution in [0, 0.1) is 24.0 Å². The number of hydrogen-bond donors (Lipinski definition) is 0. The van der Waals surface area contributed by atoms with Crippen LogP contribution in [-0.4, -0.2) is 41.5 Å². The molecule has 0 amide bonds. The topological polar surface area (TPSA) is 85.6 Å². The molecule has 0 radical (unpaired) electrons. The standard InChI is InChI=1S/C14H21N3O4/c1-10-8-15-12(11(2)14(10)17(19)20)9-16(3)7-5-6-13(18)21-4/h8H,5-7,9H2,1-4H3. The third kappa shape index (κ3) is 4.78. The highest BCUT2D eigenvalue weighted by atomic mass is 16.6. The Hall–Kier alpha value is -2.02. The lowest BCUT2D eigenvalue weighted by molar-refractivity contribution is -0.386. The maximum Gasteiger partial charge on any atom is 0.305 e. The number of pyridine rings is 1. The van der Waals surface area contributed by atoms with Crippen LogP contribution in [0.25, 0.3) is 0 Å². The number of ether oxygens (including phenoxy) is 1. The van der Waals surface area contributed by atoms with Crippen molar-refractivity contribution < 1.29 is 14.5 Å². The minimum absolute atomic E-state index is 0.128. The van der Waals surface area contributed by atoms with Crippen molar-refractivity contribution >= 4 is 11.7 Å². The zero-order valence-corrected chi connectivity index (χ0v) is 12.9. The Kier molecular flexibility index (Phi) is 6.23. The molecule has 0 aliphatic carbocycles. The molecule has 1 aromatic rings. The molecule has 0 aliphatic rings. The lowest BCUT2D eigenvalue weighted by Crippen LogP contribution is -2.21. The van der Waals surface area contributed by atoms with Gasteiger partial charge in [-0.05, 0) is 33.9 Å². The molecule has 0 saturated heterocycles. The second-order valence-corrected chi connectivity index (χ2v) is 5.04.